The fourth-order valence-electron chi connectivity index (χ4n) is 2.14. The molecule has 0 aromatic heterocycles. The van der Waals surface area contributed by atoms with E-state index in [-0.39, 0.29) is 11.7 Å². The first-order chi connectivity index (χ1) is 10.6. The summed E-state index contributed by atoms with van der Waals surface area (Å²) in [7, 11) is 1.70. The Morgan fingerprint density at radius 3 is 2.68 bits per heavy atom. The number of hydrogen-bond acceptors (Lipinski definition) is 2. The molecule has 2 aromatic carbocycles. The second-order valence-corrected chi connectivity index (χ2v) is 5.17. The van der Waals surface area contributed by atoms with Crippen LogP contribution >= 0.6 is 0 Å². The first-order valence-corrected chi connectivity index (χ1v) is 7.33. The molecule has 0 fully saturated rings. The van der Waals surface area contributed by atoms with Crippen LogP contribution in [-0.2, 0) is 6.54 Å². The fraction of sp³-hybridized carbons (Fsp3) is 0.278. The van der Waals surface area contributed by atoms with Crippen molar-refractivity contribution in [2.45, 2.75) is 19.9 Å². The first-order valence-electron chi connectivity index (χ1n) is 7.33. The van der Waals surface area contributed by atoms with Crippen molar-refractivity contribution < 1.29 is 13.9 Å². The molecule has 0 bridgehead atoms. The summed E-state index contributed by atoms with van der Waals surface area (Å²) in [5, 5.41) is 0. The van der Waals surface area contributed by atoms with Crippen molar-refractivity contribution in [1.29, 1.82) is 0 Å². The van der Waals surface area contributed by atoms with Crippen LogP contribution in [0.15, 0.2) is 48.5 Å². The van der Waals surface area contributed by atoms with Gasteiger partial charge in [-0.2, -0.15) is 0 Å². The van der Waals surface area contributed by atoms with Crippen molar-refractivity contribution in [3.8, 4) is 5.75 Å². The minimum atomic E-state index is -0.298. The van der Waals surface area contributed by atoms with E-state index in [0.29, 0.717) is 24.5 Å². The molecule has 0 aliphatic rings. The average Bonchev–Trinajstić information content (AvgIpc) is 2.52. The van der Waals surface area contributed by atoms with E-state index < -0.39 is 0 Å². The molecule has 116 valence electrons. The van der Waals surface area contributed by atoms with Gasteiger partial charge in [-0.3, -0.25) is 4.79 Å². The van der Waals surface area contributed by atoms with Crippen LogP contribution in [0.25, 0.3) is 0 Å². The van der Waals surface area contributed by atoms with E-state index in [9.17, 15) is 9.18 Å². The van der Waals surface area contributed by atoms with Gasteiger partial charge >= 0.3 is 0 Å². The van der Waals surface area contributed by atoms with Crippen LogP contribution in [-0.4, -0.2) is 24.5 Å². The highest BCUT2D eigenvalue weighted by molar-refractivity contribution is 5.94. The van der Waals surface area contributed by atoms with Gasteiger partial charge in [0.25, 0.3) is 5.91 Å². The Morgan fingerprint density at radius 1 is 1.18 bits per heavy atom. The number of halogens is 1. The fourth-order valence-corrected chi connectivity index (χ4v) is 2.14. The van der Waals surface area contributed by atoms with Crippen molar-refractivity contribution >= 4 is 5.91 Å². The molecule has 0 unspecified atom stereocenters. The van der Waals surface area contributed by atoms with Gasteiger partial charge in [0.2, 0.25) is 0 Å². The normalized spacial score (nSPS) is 10.3. The number of nitrogens with zero attached hydrogens (tertiary/aromatic N) is 1. The third-order valence-electron chi connectivity index (χ3n) is 3.21. The lowest BCUT2D eigenvalue weighted by Crippen LogP contribution is -2.26. The maximum Gasteiger partial charge on any atom is 0.254 e. The maximum absolute atomic E-state index is 13.2. The highest BCUT2D eigenvalue weighted by Gasteiger charge is 2.13. The smallest absolute Gasteiger partial charge is 0.254 e. The lowest BCUT2D eigenvalue weighted by atomic mass is 10.1. The molecule has 0 spiro atoms. The zero-order valence-electron chi connectivity index (χ0n) is 12.9. The number of carbonyl (C=O) groups is 1. The Bertz CT molecular complexity index is 642. The number of hydrogen-bond donors (Lipinski definition) is 0. The number of benzene rings is 2. The number of rotatable bonds is 6. The van der Waals surface area contributed by atoms with Gasteiger partial charge in [-0.05, 0) is 42.3 Å². The molecule has 0 aliphatic carbocycles. The standard InChI is InChI=1S/C18H20FNO2/c1-3-10-22-17-9-5-7-15(12-17)18(21)20(2)13-14-6-4-8-16(19)11-14/h4-9,11-12H,3,10,13H2,1-2H3. The summed E-state index contributed by atoms with van der Waals surface area (Å²) in [6, 6.07) is 13.4. The number of ether oxygens (including phenoxy) is 1. The Hall–Kier alpha value is -2.36. The minimum Gasteiger partial charge on any atom is -0.494 e. The monoisotopic (exact) mass is 301 g/mol. The molecule has 2 aromatic rings. The lowest BCUT2D eigenvalue weighted by Gasteiger charge is -2.18. The Balaban J connectivity index is 2.06. The van der Waals surface area contributed by atoms with Gasteiger partial charge in [-0.25, -0.2) is 4.39 Å². The predicted octanol–water partition coefficient (Wildman–Crippen LogP) is 3.89. The van der Waals surface area contributed by atoms with Gasteiger partial charge in [-0.15, -0.1) is 0 Å². The molecule has 0 atom stereocenters. The second-order valence-electron chi connectivity index (χ2n) is 5.17. The lowest BCUT2D eigenvalue weighted by molar-refractivity contribution is 0.0784. The summed E-state index contributed by atoms with van der Waals surface area (Å²) in [5.74, 6) is 0.270. The molecule has 0 radical (unpaired) electrons. The van der Waals surface area contributed by atoms with Gasteiger partial charge in [0.15, 0.2) is 0 Å². The molecule has 0 saturated heterocycles. The van der Waals surface area contributed by atoms with E-state index >= 15 is 0 Å². The third kappa shape index (κ3) is 4.32. The van der Waals surface area contributed by atoms with E-state index in [0.717, 1.165) is 12.0 Å². The predicted molar refractivity (Wildman–Crippen MR) is 84.4 cm³/mol. The first kappa shape index (κ1) is 16.0. The van der Waals surface area contributed by atoms with E-state index in [1.165, 1.54) is 12.1 Å². The SMILES string of the molecule is CCCOc1cccc(C(=O)N(C)Cc2cccc(F)c2)c1. The largest absolute Gasteiger partial charge is 0.494 e. The van der Waals surface area contributed by atoms with Crippen LogP contribution in [0.3, 0.4) is 0 Å². The van der Waals surface area contributed by atoms with Gasteiger partial charge < -0.3 is 9.64 Å². The van der Waals surface area contributed by atoms with E-state index in [1.54, 1.807) is 42.3 Å². The third-order valence-corrected chi connectivity index (χ3v) is 3.21. The Kier molecular flexibility index (Phi) is 5.53. The van der Waals surface area contributed by atoms with Crippen molar-refractivity contribution in [2.75, 3.05) is 13.7 Å². The summed E-state index contributed by atoms with van der Waals surface area (Å²) in [5.41, 5.74) is 1.32. The highest BCUT2D eigenvalue weighted by atomic mass is 19.1. The summed E-state index contributed by atoms with van der Waals surface area (Å²) in [6.07, 6.45) is 0.914. The molecule has 4 heteroatoms. The quantitative estimate of drug-likeness (QED) is 0.810. The molecule has 22 heavy (non-hydrogen) atoms. The Morgan fingerprint density at radius 2 is 1.95 bits per heavy atom. The van der Waals surface area contributed by atoms with Crippen LogP contribution in [0.4, 0.5) is 4.39 Å². The minimum absolute atomic E-state index is 0.119. The maximum atomic E-state index is 13.2. The van der Waals surface area contributed by atoms with Crippen molar-refractivity contribution in [1.82, 2.24) is 4.90 Å². The summed E-state index contributed by atoms with van der Waals surface area (Å²) >= 11 is 0. The highest BCUT2D eigenvalue weighted by Crippen LogP contribution is 2.16. The molecule has 1 amide bonds. The van der Waals surface area contributed by atoms with E-state index in [4.69, 9.17) is 4.74 Å². The van der Waals surface area contributed by atoms with Gasteiger partial charge in [0, 0.05) is 19.2 Å². The Labute approximate surface area is 130 Å². The van der Waals surface area contributed by atoms with E-state index in [2.05, 4.69) is 0 Å². The molecule has 0 aliphatic heterocycles. The summed E-state index contributed by atoms with van der Waals surface area (Å²) in [6.45, 7) is 3.01. The van der Waals surface area contributed by atoms with Gasteiger partial charge in [0.05, 0.1) is 6.61 Å². The molecular weight excluding hydrogens is 281 g/mol. The number of carbonyl (C=O) groups excluding carboxylic acids is 1. The van der Waals surface area contributed by atoms with Crippen molar-refractivity contribution in [3.05, 3.63) is 65.5 Å². The molecule has 0 N–H and O–H groups in total. The van der Waals surface area contributed by atoms with Crippen molar-refractivity contribution in [2.24, 2.45) is 0 Å². The topological polar surface area (TPSA) is 29.5 Å². The van der Waals surface area contributed by atoms with Crippen LogP contribution in [0.1, 0.15) is 29.3 Å². The number of amides is 1. The van der Waals surface area contributed by atoms with Crippen LogP contribution in [0.2, 0.25) is 0 Å². The summed E-state index contributed by atoms with van der Waals surface area (Å²) in [4.78, 5) is 14.0. The zero-order valence-corrected chi connectivity index (χ0v) is 12.9. The van der Waals surface area contributed by atoms with E-state index in [1.807, 2.05) is 13.0 Å². The molecule has 3 nitrogen and oxygen atoms in total. The molecule has 0 heterocycles. The summed E-state index contributed by atoms with van der Waals surface area (Å²) < 4.78 is 18.7. The second kappa shape index (κ2) is 7.59. The van der Waals surface area contributed by atoms with Crippen molar-refractivity contribution in [3.63, 3.8) is 0 Å². The van der Waals surface area contributed by atoms with Crippen LogP contribution < -0.4 is 4.74 Å². The molecular formula is C18H20FNO2. The van der Waals surface area contributed by atoms with Crippen LogP contribution in [0, 0.1) is 5.82 Å². The van der Waals surface area contributed by atoms with Gasteiger partial charge in [-0.1, -0.05) is 25.1 Å². The average molecular weight is 301 g/mol. The molecule has 0 saturated carbocycles. The molecule has 2 rings (SSSR count). The van der Waals surface area contributed by atoms with Gasteiger partial charge in [0.1, 0.15) is 11.6 Å². The van der Waals surface area contributed by atoms with Crippen LogP contribution in [0.5, 0.6) is 5.75 Å². The zero-order chi connectivity index (χ0) is 15.9.